The Hall–Kier alpha value is -0.610. The van der Waals surface area contributed by atoms with Crippen molar-refractivity contribution in [3.8, 4) is 0 Å². The molecule has 0 amide bonds. The van der Waals surface area contributed by atoms with Crippen molar-refractivity contribution in [3.63, 3.8) is 0 Å². The Kier molecular flexibility index (Phi) is 4.55. The Balaban J connectivity index is 1.55. The number of ether oxygens (including phenoxy) is 1. The predicted molar refractivity (Wildman–Crippen MR) is 86.7 cm³/mol. The number of benzene rings is 1. The van der Waals surface area contributed by atoms with Gasteiger partial charge in [-0.25, -0.2) is 0 Å². The quantitative estimate of drug-likeness (QED) is 0.832. The van der Waals surface area contributed by atoms with E-state index in [-0.39, 0.29) is 5.60 Å². The van der Waals surface area contributed by atoms with Crippen LogP contribution in [0.4, 0.5) is 0 Å². The van der Waals surface area contributed by atoms with Crippen LogP contribution >= 0.6 is 11.6 Å². The van der Waals surface area contributed by atoms with Gasteiger partial charge in [0.25, 0.3) is 0 Å². The normalized spacial score (nSPS) is 24.7. The van der Waals surface area contributed by atoms with Gasteiger partial charge in [0.2, 0.25) is 0 Å². The fraction of sp³-hybridized carbons (Fsp3) is 0.647. The van der Waals surface area contributed by atoms with E-state index in [2.05, 4.69) is 36.0 Å². The van der Waals surface area contributed by atoms with Crippen molar-refractivity contribution in [2.24, 2.45) is 5.92 Å². The van der Waals surface area contributed by atoms with Crippen molar-refractivity contribution in [2.75, 3.05) is 40.3 Å². The van der Waals surface area contributed by atoms with Gasteiger partial charge in [-0.3, -0.25) is 4.90 Å². The van der Waals surface area contributed by atoms with Gasteiger partial charge in [-0.05, 0) is 51.0 Å². The van der Waals surface area contributed by atoms with Crippen LogP contribution in [0.25, 0.3) is 0 Å². The molecule has 0 aromatic heterocycles. The molecule has 1 spiro atoms. The van der Waals surface area contributed by atoms with Crippen molar-refractivity contribution >= 4 is 11.6 Å². The minimum absolute atomic E-state index is 0.122. The van der Waals surface area contributed by atoms with E-state index in [9.17, 15) is 0 Å². The van der Waals surface area contributed by atoms with Crippen LogP contribution in [0.2, 0.25) is 5.02 Å². The zero-order chi connectivity index (χ0) is 14.9. The second-order valence-corrected chi connectivity index (χ2v) is 7.13. The number of hydrogen-bond acceptors (Lipinski definition) is 3. The van der Waals surface area contributed by atoms with E-state index in [1.165, 1.54) is 18.4 Å². The van der Waals surface area contributed by atoms with E-state index in [0.717, 1.165) is 37.8 Å². The predicted octanol–water partition coefficient (Wildman–Crippen LogP) is 2.88. The largest absolute Gasteiger partial charge is 0.372 e. The summed E-state index contributed by atoms with van der Waals surface area (Å²) in [4.78, 5) is 4.72. The van der Waals surface area contributed by atoms with Crippen molar-refractivity contribution in [2.45, 2.75) is 25.0 Å². The topological polar surface area (TPSA) is 15.7 Å². The number of halogens is 1. The van der Waals surface area contributed by atoms with Crippen LogP contribution in [0.15, 0.2) is 24.3 Å². The van der Waals surface area contributed by atoms with E-state index >= 15 is 0 Å². The molecular weight excluding hydrogens is 284 g/mol. The SMILES string of the molecule is CN(C)CCC1CCOC12CN(Cc1ccccc1Cl)C2. The van der Waals surface area contributed by atoms with Gasteiger partial charge in [-0.2, -0.15) is 0 Å². The molecule has 3 rings (SSSR count). The van der Waals surface area contributed by atoms with Crippen molar-refractivity contribution in [3.05, 3.63) is 34.9 Å². The first-order valence-electron chi connectivity index (χ1n) is 7.83. The second-order valence-electron chi connectivity index (χ2n) is 6.73. The lowest BCUT2D eigenvalue weighted by Crippen LogP contribution is -2.64. The standard InChI is InChI=1S/C17H25ClN2O/c1-19(2)9-7-15-8-10-21-17(15)12-20(13-17)11-14-5-3-4-6-16(14)18/h3-6,15H,7-13H2,1-2H3. The van der Waals surface area contributed by atoms with Gasteiger partial charge in [0, 0.05) is 31.3 Å². The molecule has 0 saturated carbocycles. The summed E-state index contributed by atoms with van der Waals surface area (Å²) in [5.74, 6) is 0.711. The van der Waals surface area contributed by atoms with Crippen LogP contribution < -0.4 is 0 Å². The first-order valence-corrected chi connectivity index (χ1v) is 8.21. The van der Waals surface area contributed by atoms with Crippen molar-refractivity contribution in [1.29, 1.82) is 0 Å². The lowest BCUT2D eigenvalue weighted by molar-refractivity contribution is -0.137. The molecule has 0 N–H and O–H groups in total. The van der Waals surface area contributed by atoms with E-state index < -0.39 is 0 Å². The lowest BCUT2D eigenvalue weighted by Gasteiger charge is -2.50. The molecule has 1 aromatic rings. The Morgan fingerprint density at radius 1 is 1.33 bits per heavy atom. The molecule has 21 heavy (non-hydrogen) atoms. The molecule has 1 unspecified atom stereocenters. The van der Waals surface area contributed by atoms with Gasteiger partial charge >= 0.3 is 0 Å². The highest BCUT2D eigenvalue weighted by Gasteiger charge is 2.52. The summed E-state index contributed by atoms with van der Waals surface area (Å²) in [6.45, 7) is 5.12. The Morgan fingerprint density at radius 3 is 2.81 bits per heavy atom. The van der Waals surface area contributed by atoms with E-state index in [1.807, 2.05) is 12.1 Å². The number of hydrogen-bond donors (Lipinski definition) is 0. The molecule has 0 aliphatic carbocycles. The molecule has 0 bridgehead atoms. The molecule has 116 valence electrons. The lowest BCUT2D eigenvalue weighted by atomic mass is 9.78. The summed E-state index contributed by atoms with van der Waals surface area (Å²) >= 11 is 6.25. The van der Waals surface area contributed by atoms with Crippen molar-refractivity contribution < 1.29 is 4.74 Å². The van der Waals surface area contributed by atoms with Gasteiger partial charge in [0.05, 0.1) is 5.60 Å². The summed E-state index contributed by atoms with van der Waals surface area (Å²) in [6.07, 6.45) is 2.46. The molecule has 2 heterocycles. The summed E-state index contributed by atoms with van der Waals surface area (Å²) < 4.78 is 6.13. The van der Waals surface area contributed by atoms with Gasteiger partial charge < -0.3 is 9.64 Å². The molecule has 2 aliphatic heterocycles. The number of nitrogens with zero attached hydrogens (tertiary/aromatic N) is 2. The monoisotopic (exact) mass is 308 g/mol. The first-order chi connectivity index (χ1) is 10.1. The maximum absolute atomic E-state index is 6.25. The average molecular weight is 309 g/mol. The molecular formula is C17H25ClN2O. The van der Waals surface area contributed by atoms with Crippen LogP contribution in [-0.4, -0.2) is 55.7 Å². The number of likely N-dealkylation sites (tertiary alicyclic amines) is 1. The maximum Gasteiger partial charge on any atom is 0.0964 e. The minimum Gasteiger partial charge on any atom is -0.372 e. The molecule has 0 radical (unpaired) electrons. The molecule has 3 nitrogen and oxygen atoms in total. The summed E-state index contributed by atoms with van der Waals surface area (Å²) in [5.41, 5.74) is 1.34. The van der Waals surface area contributed by atoms with Crippen LogP contribution in [0.3, 0.4) is 0 Å². The van der Waals surface area contributed by atoms with Crippen LogP contribution in [-0.2, 0) is 11.3 Å². The van der Waals surface area contributed by atoms with Crippen molar-refractivity contribution in [1.82, 2.24) is 9.80 Å². The second kappa shape index (κ2) is 6.25. The smallest absolute Gasteiger partial charge is 0.0964 e. The fourth-order valence-corrected chi connectivity index (χ4v) is 3.84. The molecule has 2 aliphatic rings. The molecule has 4 heteroatoms. The average Bonchev–Trinajstić information content (AvgIpc) is 2.82. The van der Waals surface area contributed by atoms with E-state index in [0.29, 0.717) is 5.92 Å². The van der Waals surface area contributed by atoms with Gasteiger partial charge in [-0.1, -0.05) is 29.8 Å². The maximum atomic E-state index is 6.25. The van der Waals surface area contributed by atoms with Gasteiger partial charge in [0.15, 0.2) is 0 Å². The minimum atomic E-state index is 0.122. The zero-order valence-electron chi connectivity index (χ0n) is 13.0. The third-order valence-electron chi connectivity index (χ3n) is 4.86. The van der Waals surface area contributed by atoms with Gasteiger partial charge in [-0.15, -0.1) is 0 Å². The van der Waals surface area contributed by atoms with Crippen LogP contribution in [0.5, 0.6) is 0 Å². The Labute approximate surface area is 132 Å². The first kappa shape index (κ1) is 15.3. The summed E-state index contributed by atoms with van der Waals surface area (Å²) in [5, 5.41) is 0.870. The third-order valence-corrected chi connectivity index (χ3v) is 5.23. The summed E-state index contributed by atoms with van der Waals surface area (Å²) in [7, 11) is 4.29. The summed E-state index contributed by atoms with van der Waals surface area (Å²) in [6, 6.07) is 8.13. The van der Waals surface area contributed by atoms with E-state index in [4.69, 9.17) is 16.3 Å². The molecule has 2 fully saturated rings. The highest BCUT2D eigenvalue weighted by atomic mass is 35.5. The highest BCUT2D eigenvalue weighted by Crippen LogP contribution is 2.42. The third kappa shape index (κ3) is 3.26. The molecule has 1 atom stereocenters. The fourth-order valence-electron chi connectivity index (χ4n) is 3.65. The number of rotatable bonds is 5. The highest BCUT2D eigenvalue weighted by molar-refractivity contribution is 6.31. The zero-order valence-corrected chi connectivity index (χ0v) is 13.8. The van der Waals surface area contributed by atoms with Gasteiger partial charge in [0.1, 0.15) is 0 Å². The Morgan fingerprint density at radius 2 is 2.10 bits per heavy atom. The van der Waals surface area contributed by atoms with E-state index in [1.54, 1.807) is 0 Å². The Bertz CT molecular complexity index is 485. The van der Waals surface area contributed by atoms with Crippen LogP contribution in [0.1, 0.15) is 18.4 Å². The molecule has 2 saturated heterocycles. The molecule has 1 aromatic carbocycles. The van der Waals surface area contributed by atoms with Crippen LogP contribution in [0, 0.1) is 5.92 Å².